The molecule has 4 nitrogen and oxygen atoms in total. The molecule has 2 aromatic rings. The molecule has 1 saturated carbocycles. The Hall–Kier alpha value is -1.91. The third-order valence-corrected chi connectivity index (χ3v) is 5.18. The molecule has 0 spiro atoms. The van der Waals surface area contributed by atoms with Crippen LogP contribution in [0, 0.1) is 11.8 Å². The molecular weight excluding hydrogens is 338 g/mol. The molecule has 0 saturated heterocycles. The van der Waals surface area contributed by atoms with Gasteiger partial charge in [0.25, 0.3) is 0 Å². The fraction of sp³-hybridized carbons (Fsp3) is 0.400. The number of aliphatic hydroxyl groups is 1. The van der Waals surface area contributed by atoms with Gasteiger partial charge in [-0.2, -0.15) is 0 Å². The van der Waals surface area contributed by atoms with E-state index in [4.69, 9.17) is 16.3 Å². The zero-order valence-electron chi connectivity index (χ0n) is 14.0. The highest BCUT2D eigenvalue weighted by molar-refractivity contribution is 6.29. The van der Waals surface area contributed by atoms with Crippen molar-refractivity contribution in [1.82, 2.24) is 4.98 Å². The van der Waals surface area contributed by atoms with Crippen LogP contribution >= 0.6 is 11.6 Å². The third kappa shape index (κ3) is 4.80. The van der Waals surface area contributed by atoms with Crippen LogP contribution in [-0.4, -0.2) is 29.1 Å². The molecule has 0 amide bonds. The van der Waals surface area contributed by atoms with Crippen molar-refractivity contribution in [2.24, 2.45) is 11.8 Å². The highest BCUT2D eigenvalue weighted by Crippen LogP contribution is 2.35. The summed E-state index contributed by atoms with van der Waals surface area (Å²) in [5.41, 5.74) is 1.91. The van der Waals surface area contributed by atoms with E-state index in [1.54, 1.807) is 18.2 Å². The number of rotatable bonds is 7. The van der Waals surface area contributed by atoms with Gasteiger partial charge >= 0.3 is 0 Å². The van der Waals surface area contributed by atoms with Gasteiger partial charge < -0.3 is 9.84 Å². The summed E-state index contributed by atoms with van der Waals surface area (Å²) in [5, 5.41) is 10.7. The van der Waals surface area contributed by atoms with Crippen LogP contribution in [0.15, 0.2) is 42.5 Å². The molecule has 5 heteroatoms. The Bertz CT molecular complexity index is 704. The second-order valence-electron chi connectivity index (χ2n) is 6.58. The molecule has 1 fully saturated rings. The number of aromatic nitrogens is 1. The molecule has 1 aromatic heterocycles. The Morgan fingerprint density at radius 2 is 2.00 bits per heavy atom. The third-order valence-electron chi connectivity index (χ3n) is 4.97. The van der Waals surface area contributed by atoms with Gasteiger partial charge in [0.15, 0.2) is 0 Å². The fourth-order valence-electron chi connectivity index (χ4n) is 3.50. The number of benzene rings is 1. The second kappa shape index (κ2) is 8.45. The Kier molecular flexibility index (Phi) is 6.05. The van der Waals surface area contributed by atoms with Gasteiger partial charge in [-0.25, -0.2) is 4.98 Å². The van der Waals surface area contributed by atoms with Gasteiger partial charge in [0.1, 0.15) is 11.4 Å². The molecule has 0 unspecified atom stereocenters. The number of nitrogens with zero attached hydrogens (tertiary/aromatic N) is 1. The van der Waals surface area contributed by atoms with Gasteiger partial charge in [-0.1, -0.05) is 41.9 Å². The van der Waals surface area contributed by atoms with Gasteiger partial charge in [-0.05, 0) is 43.2 Å². The SMILES string of the molecule is O=Cc1ccc(CC[C@H]2CC[C@@H](O)[C@@H]2COc2cccc(Cl)n2)cc1. The highest BCUT2D eigenvalue weighted by Gasteiger charge is 2.35. The Morgan fingerprint density at radius 3 is 2.72 bits per heavy atom. The first-order valence-electron chi connectivity index (χ1n) is 8.63. The van der Waals surface area contributed by atoms with Crippen LogP contribution < -0.4 is 4.74 Å². The Labute approximate surface area is 152 Å². The maximum absolute atomic E-state index is 10.7. The van der Waals surface area contributed by atoms with E-state index in [0.717, 1.165) is 32.0 Å². The smallest absolute Gasteiger partial charge is 0.214 e. The van der Waals surface area contributed by atoms with Gasteiger partial charge in [-0.3, -0.25) is 4.79 Å². The molecule has 132 valence electrons. The van der Waals surface area contributed by atoms with E-state index in [1.165, 1.54) is 5.56 Å². The van der Waals surface area contributed by atoms with Crippen molar-refractivity contribution in [2.45, 2.75) is 31.8 Å². The normalized spacial score (nSPS) is 22.7. The molecule has 1 heterocycles. The van der Waals surface area contributed by atoms with E-state index in [0.29, 0.717) is 29.1 Å². The molecule has 25 heavy (non-hydrogen) atoms. The minimum absolute atomic E-state index is 0.107. The topological polar surface area (TPSA) is 59.4 Å². The van der Waals surface area contributed by atoms with Crippen molar-refractivity contribution in [3.63, 3.8) is 0 Å². The van der Waals surface area contributed by atoms with E-state index in [1.807, 2.05) is 24.3 Å². The number of pyridine rings is 1. The van der Waals surface area contributed by atoms with Crippen LogP contribution in [0.25, 0.3) is 0 Å². The van der Waals surface area contributed by atoms with Gasteiger partial charge in [-0.15, -0.1) is 0 Å². The predicted octanol–water partition coefficient (Wildman–Crippen LogP) is 3.95. The van der Waals surface area contributed by atoms with Crippen LogP contribution in [0.2, 0.25) is 5.15 Å². The van der Waals surface area contributed by atoms with Crippen molar-refractivity contribution in [1.29, 1.82) is 0 Å². The average Bonchev–Trinajstić information content (AvgIpc) is 2.98. The summed E-state index contributed by atoms with van der Waals surface area (Å²) in [7, 11) is 0. The summed E-state index contributed by atoms with van der Waals surface area (Å²) in [6, 6.07) is 13.0. The van der Waals surface area contributed by atoms with Crippen molar-refractivity contribution in [2.75, 3.05) is 6.61 Å². The molecule has 0 radical (unpaired) electrons. The number of aliphatic hydroxyl groups excluding tert-OH is 1. The van der Waals surface area contributed by atoms with E-state index in [2.05, 4.69) is 4.98 Å². The number of aldehydes is 1. The molecular formula is C20H22ClNO3. The van der Waals surface area contributed by atoms with E-state index in [-0.39, 0.29) is 12.0 Å². The molecule has 1 N–H and O–H groups in total. The summed E-state index contributed by atoms with van der Waals surface area (Å²) in [4.78, 5) is 14.8. The maximum atomic E-state index is 10.7. The van der Waals surface area contributed by atoms with E-state index < -0.39 is 0 Å². The first kappa shape index (κ1) is 17.9. The second-order valence-corrected chi connectivity index (χ2v) is 6.96. The number of ether oxygens (including phenoxy) is 1. The van der Waals surface area contributed by atoms with Crippen LogP contribution in [0.3, 0.4) is 0 Å². The number of hydrogen-bond donors (Lipinski definition) is 1. The largest absolute Gasteiger partial charge is 0.477 e. The minimum atomic E-state index is -0.332. The standard InChI is InChI=1S/C20H22ClNO3/c21-19-2-1-3-20(22-19)25-13-17-16(10-11-18(17)24)9-8-14-4-6-15(12-23)7-5-14/h1-7,12,16-18,24H,8-11,13H2/t16-,17+,18+/m0/s1. The molecule has 1 aliphatic rings. The van der Waals surface area contributed by atoms with Crippen molar-refractivity contribution in [3.8, 4) is 5.88 Å². The lowest BCUT2D eigenvalue weighted by Crippen LogP contribution is -2.26. The quantitative estimate of drug-likeness (QED) is 0.600. The number of halogens is 1. The molecule has 3 rings (SSSR count). The summed E-state index contributed by atoms with van der Waals surface area (Å²) >= 11 is 5.87. The zero-order valence-corrected chi connectivity index (χ0v) is 14.7. The first-order chi connectivity index (χ1) is 12.2. The molecule has 3 atom stereocenters. The Morgan fingerprint density at radius 1 is 1.20 bits per heavy atom. The number of hydrogen-bond acceptors (Lipinski definition) is 4. The van der Waals surface area contributed by atoms with Gasteiger partial charge in [0.05, 0.1) is 12.7 Å². The number of carbonyl (C=O) groups is 1. The zero-order chi connectivity index (χ0) is 17.6. The minimum Gasteiger partial charge on any atom is -0.477 e. The summed E-state index contributed by atoms with van der Waals surface area (Å²) < 4.78 is 5.76. The number of carbonyl (C=O) groups excluding carboxylic acids is 1. The van der Waals surface area contributed by atoms with Gasteiger partial charge in [0.2, 0.25) is 5.88 Å². The van der Waals surface area contributed by atoms with Crippen molar-refractivity contribution < 1.29 is 14.6 Å². The molecule has 1 aromatic carbocycles. The lowest BCUT2D eigenvalue weighted by atomic mass is 9.89. The monoisotopic (exact) mass is 359 g/mol. The van der Waals surface area contributed by atoms with Crippen LogP contribution in [0.1, 0.15) is 35.2 Å². The van der Waals surface area contributed by atoms with Crippen molar-refractivity contribution >= 4 is 17.9 Å². The average molecular weight is 360 g/mol. The van der Waals surface area contributed by atoms with Crippen LogP contribution in [0.5, 0.6) is 5.88 Å². The van der Waals surface area contributed by atoms with E-state index in [9.17, 15) is 9.90 Å². The highest BCUT2D eigenvalue weighted by atomic mass is 35.5. The predicted molar refractivity (Wildman–Crippen MR) is 97.1 cm³/mol. The first-order valence-corrected chi connectivity index (χ1v) is 9.01. The van der Waals surface area contributed by atoms with Crippen molar-refractivity contribution in [3.05, 3.63) is 58.7 Å². The maximum Gasteiger partial charge on any atom is 0.214 e. The lowest BCUT2D eigenvalue weighted by molar-refractivity contribution is 0.0770. The summed E-state index contributed by atoms with van der Waals surface area (Å²) in [6.07, 6.45) is 4.27. The van der Waals surface area contributed by atoms with Gasteiger partial charge in [0, 0.05) is 17.5 Å². The number of aryl methyl sites for hydroxylation is 1. The fourth-order valence-corrected chi connectivity index (χ4v) is 3.66. The van der Waals surface area contributed by atoms with Crippen LogP contribution in [0.4, 0.5) is 0 Å². The summed E-state index contributed by atoms with van der Waals surface area (Å²) in [6.45, 7) is 0.448. The molecule has 0 aliphatic heterocycles. The summed E-state index contributed by atoms with van der Waals surface area (Å²) in [5.74, 6) is 1.02. The molecule has 1 aliphatic carbocycles. The van der Waals surface area contributed by atoms with Crippen LogP contribution in [-0.2, 0) is 6.42 Å². The van der Waals surface area contributed by atoms with E-state index >= 15 is 0 Å². The lowest BCUT2D eigenvalue weighted by Gasteiger charge is -2.22. The Balaban J connectivity index is 1.55. The molecule has 0 bridgehead atoms.